The largest absolute Gasteiger partial charge is 0.491 e. The van der Waals surface area contributed by atoms with E-state index in [4.69, 9.17) is 4.74 Å². The minimum absolute atomic E-state index is 0.0773. The number of hydrogen-bond acceptors (Lipinski definition) is 4. The average molecular weight is 396 g/mol. The van der Waals surface area contributed by atoms with Crippen molar-refractivity contribution in [3.8, 4) is 5.75 Å². The second-order valence-electron chi connectivity index (χ2n) is 6.93. The maximum absolute atomic E-state index is 13.1. The van der Waals surface area contributed by atoms with Gasteiger partial charge in [-0.15, -0.1) is 0 Å². The highest BCUT2D eigenvalue weighted by Gasteiger charge is 2.38. The molecule has 2 aromatic rings. The predicted octanol–water partition coefficient (Wildman–Crippen LogP) is 5.15. The van der Waals surface area contributed by atoms with Crippen LogP contribution in [-0.4, -0.2) is 29.4 Å². The standard InChI is InChI=1S/C23H25NO3S/c1-4-5-15-24-22(25)20(17-11-13-18(14-12-17)27-16(2)3)21(23(24)26)28-19-9-7-6-8-10-19/h6-14,16H,4-5,15H2,1-3H3. The third-order valence-corrected chi connectivity index (χ3v) is 5.43. The van der Waals surface area contributed by atoms with Crippen LogP contribution in [0.4, 0.5) is 0 Å². The molecule has 0 bridgehead atoms. The maximum Gasteiger partial charge on any atom is 0.268 e. The number of thioether (sulfide) groups is 1. The number of benzene rings is 2. The highest BCUT2D eigenvalue weighted by Crippen LogP contribution is 2.40. The van der Waals surface area contributed by atoms with Gasteiger partial charge in [0.2, 0.25) is 0 Å². The van der Waals surface area contributed by atoms with Crippen molar-refractivity contribution in [2.75, 3.05) is 6.54 Å². The number of imide groups is 1. The van der Waals surface area contributed by atoms with E-state index in [1.54, 1.807) is 0 Å². The first-order valence-electron chi connectivity index (χ1n) is 9.61. The summed E-state index contributed by atoms with van der Waals surface area (Å²) in [5, 5.41) is 0. The third kappa shape index (κ3) is 4.47. The Morgan fingerprint density at radius 1 is 0.964 bits per heavy atom. The first kappa shape index (κ1) is 20.2. The molecule has 0 saturated heterocycles. The Labute approximate surface area is 170 Å². The van der Waals surface area contributed by atoms with Gasteiger partial charge in [-0.2, -0.15) is 0 Å². The van der Waals surface area contributed by atoms with E-state index in [1.165, 1.54) is 16.7 Å². The topological polar surface area (TPSA) is 46.6 Å². The molecule has 0 spiro atoms. The Kier molecular flexibility index (Phi) is 6.57. The summed E-state index contributed by atoms with van der Waals surface area (Å²) in [5.41, 5.74) is 1.22. The summed E-state index contributed by atoms with van der Waals surface area (Å²) in [4.78, 5) is 28.9. The molecule has 2 amide bonds. The van der Waals surface area contributed by atoms with Crippen molar-refractivity contribution in [1.29, 1.82) is 0 Å². The van der Waals surface area contributed by atoms with Gasteiger partial charge < -0.3 is 4.74 Å². The number of carbonyl (C=O) groups is 2. The molecule has 0 aliphatic carbocycles. The molecule has 0 fully saturated rings. The Hall–Kier alpha value is -2.53. The number of carbonyl (C=O) groups excluding carboxylic acids is 2. The van der Waals surface area contributed by atoms with Crippen molar-refractivity contribution in [1.82, 2.24) is 4.90 Å². The summed E-state index contributed by atoms with van der Waals surface area (Å²) in [7, 11) is 0. The van der Waals surface area contributed by atoms with Crippen LogP contribution in [0.25, 0.3) is 5.57 Å². The van der Waals surface area contributed by atoms with E-state index in [0.717, 1.165) is 29.1 Å². The van der Waals surface area contributed by atoms with Gasteiger partial charge in [-0.25, -0.2) is 0 Å². The molecule has 3 rings (SSSR count). The van der Waals surface area contributed by atoms with E-state index in [0.29, 0.717) is 17.0 Å². The summed E-state index contributed by atoms with van der Waals surface area (Å²) in [6.07, 6.45) is 1.80. The lowest BCUT2D eigenvalue weighted by Crippen LogP contribution is -2.32. The molecule has 0 saturated carbocycles. The van der Waals surface area contributed by atoms with Crippen molar-refractivity contribution < 1.29 is 14.3 Å². The van der Waals surface area contributed by atoms with Crippen molar-refractivity contribution in [2.45, 2.75) is 44.6 Å². The second-order valence-corrected chi connectivity index (χ2v) is 8.01. The molecule has 0 N–H and O–H groups in total. The molecule has 0 aromatic heterocycles. The number of unbranched alkanes of at least 4 members (excludes halogenated alkanes) is 1. The van der Waals surface area contributed by atoms with E-state index in [2.05, 4.69) is 0 Å². The summed E-state index contributed by atoms with van der Waals surface area (Å²) >= 11 is 1.35. The van der Waals surface area contributed by atoms with E-state index in [9.17, 15) is 9.59 Å². The second kappa shape index (κ2) is 9.11. The zero-order valence-electron chi connectivity index (χ0n) is 16.5. The van der Waals surface area contributed by atoms with E-state index >= 15 is 0 Å². The van der Waals surface area contributed by atoms with Crippen LogP contribution >= 0.6 is 11.8 Å². The van der Waals surface area contributed by atoms with Gasteiger partial charge in [0.05, 0.1) is 16.6 Å². The fourth-order valence-electron chi connectivity index (χ4n) is 3.00. The molecule has 1 aliphatic rings. The fraction of sp³-hybridized carbons (Fsp3) is 0.304. The van der Waals surface area contributed by atoms with Crippen LogP contribution in [0.1, 0.15) is 39.2 Å². The summed E-state index contributed by atoms with van der Waals surface area (Å²) in [6, 6.07) is 17.1. The van der Waals surface area contributed by atoms with E-state index in [1.807, 2.05) is 75.4 Å². The first-order chi connectivity index (χ1) is 13.5. The Balaban J connectivity index is 1.97. The lowest BCUT2D eigenvalue weighted by molar-refractivity contribution is -0.136. The molecule has 1 aliphatic heterocycles. The lowest BCUT2D eigenvalue weighted by Gasteiger charge is -2.14. The number of nitrogens with zero attached hydrogens (tertiary/aromatic N) is 1. The van der Waals surface area contributed by atoms with Gasteiger partial charge in [0.15, 0.2) is 0 Å². The average Bonchev–Trinajstić information content (AvgIpc) is 2.91. The molecule has 0 unspecified atom stereocenters. The maximum atomic E-state index is 13.1. The van der Waals surface area contributed by atoms with Gasteiger partial charge in [0.25, 0.3) is 11.8 Å². The highest BCUT2D eigenvalue weighted by atomic mass is 32.2. The monoisotopic (exact) mass is 395 g/mol. The minimum Gasteiger partial charge on any atom is -0.491 e. The van der Waals surface area contributed by atoms with E-state index < -0.39 is 0 Å². The van der Waals surface area contributed by atoms with Crippen LogP contribution in [0.5, 0.6) is 5.75 Å². The van der Waals surface area contributed by atoms with Crippen LogP contribution < -0.4 is 4.74 Å². The molecule has 0 radical (unpaired) electrons. The summed E-state index contributed by atoms with van der Waals surface area (Å²) < 4.78 is 5.69. The zero-order chi connectivity index (χ0) is 20.1. The molecule has 4 nitrogen and oxygen atoms in total. The number of amides is 2. The van der Waals surface area contributed by atoms with Crippen molar-refractivity contribution >= 4 is 29.1 Å². The Morgan fingerprint density at radius 2 is 1.64 bits per heavy atom. The van der Waals surface area contributed by atoms with Gasteiger partial charge in [-0.05, 0) is 50.1 Å². The molecular formula is C23H25NO3S. The highest BCUT2D eigenvalue weighted by molar-refractivity contribution is 8.04. The third-order valence-electron chi connectivity index (χ3n) is 4.34. The lowest BCUT2D eigenvalue weighted by atomic mass is 10.1. The zero-order valence-corrected chi connectivity index (χ0v) is 17.3. The normalized spacial score (nSPS) is 14.4. The molecule has 146 valence electrons. The molecule has 5 heteroatoms. The van der Waals surface area contributed by atoms with Crippen molar-refractivity contribution in [2.24, 2.45) is 0 Å². The summed E-state index contributed by atoms with van der Waals surface area (Å²) in [5.74, 6) is 0.329. The molecule has 2 aromatic carbocycles. The van der Waals surface area contributed by atoms with Crippen LogP contribution in [0, 0.1) is 0 Å². The van der Waals surface area contributed by atoms with Crippen LogP contribution in [-0.2, 0) is 9.59 Å². The smallest absolute Gasteiger partial charge is 0.268 e. The molecule has 28 heavy (non-hydrogen) atoms. The van der Waals surface area contributed by atoms with Gasteiger partial charge in [0.1, 0.15) is 5.75 Å². The minimum atomic E-state index is -0.214. The van der Waals surface area contributed by atoms with Gasteiger partial charge in [0, 0.05) is 11.4 Å². The van der Waals surface area contributed by atoms with Crippen LogP contribution in [0.3, 0.4) is 0 Å². The SMILES string of the molecule is CCCCN1C(=O)C(Sc2ccccc2)=C(c2ccc(OC(C)C)cc2)C1=O. The Morgan fingerprint density at radius 3 is 2.25 bits per heavy atom. The summed E-state index contributed by atoms with van der Waals surface area (Å²) in [6.45, 7) is 6.43. The molecule has 1 heterocycles. The van der Waals surface area contributed by atoms with Gasteiger partial charge in [-0.1, -0.05) is 55.4 Å². The Bertz CT molecular complexity index is 872. The van der Waals surface area contributed by atoms with Crippen LogP contribution in [0.2, 0.25) is 0 Å². The molecular weight excluding hydrogens is 370 g/mol. The van der Waals surface area contributed by atoms with Gasteiger partial charge in [-0.3, -0.25) is 14.5 Å². The van der Waals surface area contributed by atoms with Crippen molar-refractivity contribution in [3.63, 3.8) is 0 Å². The predicted molar refractivity (Wildman–Crippen MR) is 113 cm³/mol. The van der Waals surface area contributed by atoms with Crippen molar-refractivity contribution in [3.05, 3.63) is 65.1 Å². The number of rotatable bonds is 8. The number of hydrogen-bond donors (Lipinski definition) is 0. The quantitative estimate of drug-likeness (QED) is 0.580. The van der Waals surface area contributed by atoms with Gasteiger partial charge >= 0.3 is 0 Å². The van der Waals surface area contributed by atoms with Crippen LogP contribution in [0.15, 0.2) is 64.4 Å². The first-order valence-corrected chi connectivity index (χ1v) is 10.4. The fourth-order valence-corrected chi connectivity index (χ4v) is 4.03. The molecule has 0 atom stereocenters. The number of ether oxygens (including phenoxy) is 1. The van der Waals surface area contributed by atoms with E-state index in [-0.39, 0.29) is 17.9 Å².